The highest BCUT2D eigenvalue weighted by molar-refractivity contribution is 5.40. The van der Waals surface area contributed by atoms with Crippen LogP contribution in [0.25, 0.3) is 0 Å². The first-order chi connectivity index (χ1) is 13.3. The van der Waals surface area contributed by atoms with Crippen molar-refractivity contribution < 1.29 is 13.2 Å². The molecule has 3 rings (SSSR count). The average molecular weight is 396 g/mol. The van der Waals surface area contributed by atoms with Gasteiger partial charge in [-0.15, -0.1) is 0 Å². The Hall–Kier alpha value is -2.65. The van der Waals surface area contributed by atoms with Crippen LogP contribution >= 0.6 is 0 Å². The monoisotopic (exact) mass is 396 g/mol. The molecule has 1 aliphatic heterocycles. The van der Waals surface area contributed by atoms with Crippen molar-refractivity contribution in [2.45, 2.75) is 51.4 Å². The first kappa shape index (κ1) is 20.1. The normalized spacial score (nSPS) is 17.8. The second-order valence-electron chi connectivity index (χ2n) is 7.06. The molecule has 2 aromatic rings. The molecular weight excluding hydrogens is 373 g/mol. The maximum absolute atomic E-state index is 12.8. The number of alkyl halides is 3. The highest BCUT2D eigenvalue weighted by Gasteiger charge is 2.33. The largest absolute Gasteiger partial charge is 0.433 e. The molecule has 10 heteroatoms. The Labute approximate surface area is 160 Å². The maximum atomic E-state index is 12.8. The fourth-order valence-corrected chi connectivity index (χ4v) is 3.26. The van der Waals surface area contributed by atoms with Crippen LogP contribution in [0.15, 0.2) is 29.2 Å². The van der Waals surface area contributed by atoms with Crippen LogP contribution < -0.4 is 15.8 Å². The van der Waals surface area contributed by atoms with E-state index in [9.17, 15) is 18.0 Å². The van der Waals surface area contributed by atoms with Crippen LogP contribution in [-0.2, 0) is 6.18 Å². The molecule has 28 heavy (non-hydrogen) atoms. The topological polar surface area (TPSA) is 75.9 Å². The van der Waals surface area contributed by atoms with Crippen molar-refractivity contribution in [3.63, 3.8) is 0 Å². The van der Waals surface area contributed by atoms with Crippen molar-refractivity contribution in [1.29, 1.82) is 0 Å². The number of piperidine rings is 1. The summed E-state index contributed by atoms with van der Waals surface area (Å²) in [7, 11) is 0. The molecule has 0 amide bonds. The van der Waals surface area contributed by atoms with E-state index in [1.54, 1.807) is 6.07 Å². The van der Waals surface area contributed by atoms with Crippen LogP contribution in [-0.4, -0.2) is 38.9 Å². The minimum Gasteiger partial charge on any atom is -0.352 e. The Morgan fingerprint density at radius 2 is 2.04 bits per heavy atom. The predicted octanol–water partition coefficient (Wildman–Crippen LogP) is 3.10. The quantitative estimate of drug-likeness (QED) is 0.837. The van der Waals surface area contributed by atoms with Crippen LogP contribution in [0.3, 0.4) is 0 Å². The molecule has 0 saturated carbocycles. The molecule has 2 aromatic heterocycles. The summed E-state index contributed by atoms with van der Waals surface area (Å²) in [6.45, 7) is 4.92. The van der Waals surface area contributed by atoms with Gasteiger partial charge in [-0.1, -0.05) is 0 Å². The van der Waals surface area contributed by atoms with E-state index in [2.05, 4.69) is 25.3 Å². The molecule has 0 aromatic carbocycles. The van der Waals surface area contributed by atoms with Crippen molar-refractivity contribution in [2.24, 2.45) is 0 Å². The summed E-state index contributed by atoms with van der Waals surface area (Å²) in [6.07, 6.45) is -0.564. The van der Waals surface area contributed by atoms with E-state index >= 15 is 0 Å². The van der Waals surface area contributed by atoms with Crippen molar-refractivity contribution in [2.75, 3.05) is 23.3 Å². The highest BCUT2D eigenvalue weighted by atomic mass is 19.4. The molecule has 0 bridgehead atoms. The Bertz CT molecular complexity index is 867. The predicted molar refractivity (Wildman–Crippen MR) is 99.4 cm³/mol. The van der Waals surface area contributed by atoms with Crippen molar-refractivity contribution in [3.05, 3.63) is 40.4 Å². The van der Waals surface area contributed by atoms with E-state index in [4.69, 9.17) is 0 Å². The van der Waals surface area contributed by atoms with Gasteiger partial charge in [0.15, 0.2) is 0 Å². The SMILES string of the molecule is CC(C)n1nc(N2CCCCC2CNc2nccc(C(F)(F)F)n2)ccc1=O. The molecule has 1 saturated heterocycles. The molecule has 1 N–H and O–H groups in total. The average Bonchev–Trinajstić information content (AvgIpc) is 2.66. The van der Waals surface area contributed by atoms with Crippen LogP contribution in [0, 0.1) is 0 Å². The second-order valence-corrected chi connectivity index (χ2v) is 7.06. The van der Waals surface area contributed by atoms with Gasteiger partial charge in [0.2, 0.25) is 5.95 Å². The van der Waals surface area contributed by atoms with E-state index in [-0.39, 0.29) is 23.6 Å². The number of halogens is 3. The zero-order valence-corrected chi connectivity index (χ0v) is 15.8. The third-order valence-corrected chi connectivity index (χ3v) is 4.66. The van der Waals surface area contributed by atoms with Gasteiger partial charge in [-0.2, -0.15) is 18.3 Å². The highest BCUT2D eigenvalue weighted by Crippen LogP contribution is 2.28. The number of rotatable bonds is 5. The van der Waals surface area contributed by atoms with Crippen molar-refractivity contribution >= 4 is 11.8 Å². The molecule has 0 spiro atoms. The molecular formula is C18H23F3N6O. The first-order valence-electron chi connectivity index (χ1n) is 9.26. The van der Waals surface area contributed by atoms with E-state index in [0.717, 1.165) is 38.1 Å². The summed E-state index contributed by atoms with van der Waals surface area (Å²) >= 11 is 0. The molecule has 0 aliphatic carbocycles. The number of nitrogens with zero attached hydrogens (tertiary/aromatic N) is 5. The van der Waals surface area contributed by atoms with Crippen LogP contribution in [0.5, 0.6) is 0 Å². The lowest BCUT2D eigenvalue weighted by Crippen LogP contribution is -2.45. The van der Waals surface area contributed by atoms with Crippen molar-refractivity contribution in [1.82, 2.24) is 19.7 Å². The van der Waals surface area contributed by atoms with E-state index in [1.807, 2.05) is 13.8 Å². The van der Waals surface area contributed by atoms with Crippen molar-refractivity contribution in [3.8, 4) is 0 Å². The molecule has 152 valence electrons. The minimum absolute atomic E-state index is 0.0116. The Kier molecular flexibility index (Phi) is 5.85. The number of hydrogen-bond acceptors (Lipinski definition) is 6. The van der Waals surface area contributed by atoms with Gasteiger partial charge in [0.25, 0.3) is 5.56 Å². The molecule has 3 heterocycles. The zero-order valence-electron chi connectivity index (χ0n) is 15.8. The van der Waals surface area contributed by atoms with Gasteiger partial charge < -0.3 is 10.2 Å². The van der Waals surface area contributed by atoms with Gasteiger partial charge in [0, 0.05) is 31.4 Å². The Morgan fingerprint density at radius 3 is 2.75 bits per heavy atom. The van der Waals surface area contributed by atoms with Crippen LogP contribution in [0.1, 0.15) is 44.8 Å². The third kappa shape index (κ3) is 4.60. The summed E-state index contributed by atoms with van der Waals surface area (Å²) in [6, 6.07) is 3.99. The Balaban J connectivity index is 1.76. The van der Waals surface area contributed by atoms with E-state index in [0.29, 0.717) is 12.4 Å². The van der Waals surface area contributed by atoms with Gasteiger partial charge in [0.05, 0.1) is 6.04 Å². The molecule has 1 fully saturated rings. The van der Waals surface area contributed by atoms with Gasteiger partial charge in [-0.25, -0.2) is 14.6 Å². The Morgan fingerprint density at radius 1 is 1.25 bits per heavy atom. The standard InChI is InChI=1S/C18H23F3N6O/c1-12(2)27-16(28)7-6-15(25-27)26-10-4-3-5-13(26)11-23-17-22-9-8-14(24-17)18(19,20)21/h6-9,12-13H,3-5,10-11H2,1-2H3,(H,22,23,24). The summed E-state index contributed by atoms with van der Waals surface area (Å²) in [5.74, 6) is 0.630. The summed E-state index contributed by atoms with van der Waals surface area (Å²) < 4.78 is 39.9. The molecule has 7 nitrogen and oxygen atoms in total. The van der Waals surface area contributed by atoms with E-state index < -0.39 is 11.9 Å². The fourth-order valence-electron chi connectivity index (χ4n) is 3.26. The lowest BCUT2D eigenvalue weighted by molar-refractivity contribution is -0.141. The maximum Gasteiger partial charge on any atom is 0.433 e. The van der Waals surface area contributed by atoms with Gasteiger partial charge in [-0.3, -0.25) is 4.79 Å². The number of anilines is 2. The zero-order chi connectivity index (χ0) is 20.3. The van der Waals surface area contributed by atoms with Crippen LogP contribution in [0.4, 0.5) is 24.9 Å². The van der Waals surface area contributed by atoms with Gasteiger partial charge in [0.1, 0.15) is 11.5 Å². The third-order valence-electron chi connectivity index (χ3n) is 4.66. The smallest absolute Gasteiger partial charge is 0.352 e. The molecule has 0 radical (unpaired) electrons. The van der Waals surface area contributed by atoms with Gasteiger partial charge in [-0.05, 0) is 45.2 Å². The number of aromatic nitrogens is 4. The lowest BCUT2D eigenvalue weighted by atomic mass is 10.0. The molecule has 1 unspecified atom stereocenters. The van der Waals surface area contributed by atoms with E-state index in [1.165, 1.54) is 10.7 Å². The second kappa shape index (κ2) is 8.15. The minimum atomic E-state index is -4.51. The number of hydrogen-bond donors (Lipinski definition) is 1. The molecule has 1 aliphatic rings. The summed E-state index contributed by atoms with van der Waals surface area (Å²) in [5, 5.41) is 7.38. The summed E-state index contributed by atoms with van der Waals surface area (Å²) in [5.41, 5.74) is -1.14. The molecule has 1 atom stereocenters. The number of nitrogens with one attached hydrogen (secondary N) is 1. The lowest BCUT2D eigenvalue weighted by Gasteiger charge is -2.37. The van der Waals surface area contributed by atoms with Crippen LogP contribution in [0.2, 0.25) is 0 Å². The summed E-state index contributed by atoms with van der Waals surface area (Å²) in [4.78, 5) is 21.5. The van der Waals surface area contributed by atoms with Gasteiger partial charge >= 0.3 is 6.18 Å². The fraction of sp³-hybridized carbons (Fsp3) is 0.556. The first-order valence-corrected chi connectivity index (χ1v) is 9.26.